The molecule has 0 saturated heterocycles. The van der Waals surface area contributed by atoms with Crippen LogP contribution in [0.5, 0.6) is 0 Å². The highest BCUT2D eigenvalue weighted by Gasteiger charge is 2.11. The zero-order valence-corrected chi connectivity index (χ0v) is 11.4. The second-order valence-corrected chi connectivity index (χ2v) is 5.07. The minimum absolute atomic E-state index is 0.641. The van der Waals surface area contributed by atoms with Crippen LogP contribution in [0.15, 0.2) is 51.7 Å². The van der Waals surface area contributed by atoms with Gasteiger partial charge in [0.1, 0.15) is 6.10 Å². The summed E-state index contributed by atoms with van der Waals surface area (Å²) in [5.41, 5.74) is 1.62. The van der Waals surface area contributed by atoms with Gasteiger partial charge in [-0.3, -0.25) is 4.98 Å². The van der Waals surface area contributed by atoms with Crippen molar-refractivity contribution >= 4 is 31.9 Å². The second-order valence-electron chi connectivity index (χ2n) is 3.36. The molecule has 0 aliphatic rings. The highest BCUT2D eigenvalue weighted by molar-refractivity contribution is 9.13. The molecule has 1 atom stereocenters. The Morgan fingerprint density at radius 1 is 1.06 bits per heavy atom. The summed E-state index contributed by atoms with van der Waals surface area (Å²) in [6, 6.07) is 9.34. The molecule has 0 aliphatic heterocycles. The molecule has 0 fully saturated rings. The Hall–Kier alpha value is -0.710. The maximum absolute atomic E-state index is 10.1. The van der Waals surface area contributed by atoms with Crippen molar-refractivity contribution in [2.45, 2.75) is 6.10 Å². The Labute approximate surface area is 111 Å². The van der Waals surface area contributed by atoms with E-state index in [1.807, 2.05) is 30.3 Å². The van der Waals surface area contributed by atoms with E-state index < -0.39 is 6.10 Å². The number of hydrogen-bond acceptors (Lipinski definition) is 2. The van der Waals surface area contributed by atoms with E-state index in [1.54, 1.807) is 12.4 Å². The summed E-state index contributed by atoms with van der Waals surface area (Å²) in [5.74, 6) is 0. The van der Waals surface area contributed by atoms with Gasteiger partial charge in [0, 0.05) is 26.9 Å². The summed E-state index contributed by atoms with van der Waals surface area (Å²) in [5, 5.41) is 10.1. The molecule has 1 aromatic heterocycles. The van der Waals surface area contributed by atoms with E-state index in [2.05, 4.69) is 36.8 Å². The first-order chi connectivity index (χ1) is 7.68. The summed E-state index contributed by atoms with van der Waals surface area (Å²) < 4.78 is 1.89. The zero-order chi connectivity index (χ0) is 11.5. The molecule has 0 aliphatic carbocycles. The summed E-state index contributed by atoms with van der Waals surface area (Å²) in [4.78, 5) is 3.99. The smallest absolute Gasteiger partial charge is 0.106 e. The van der Waals surface area contributed by atoms with E-state index in [0.29, 0.717) is 0 Å². The summed E-state index contributed by atoms with van der Waals surface area (Å²) in [6.07, 6.45) is 2.71. The van der Waals surface area contributed by atoms with Gasteiger partial charge >= 0.3 is 0 Å². The topological polar surface area (TPSA) is 33.1 Å². The molecule has 16 heavy (non-hydrogen) atoms. The number of hydrogen-bond donors (Lipinski definition) is 1. The van der Waals surface area contributed by atoms with Gasteiger partial charge in [-0.15, -0.1) is 0 Å². The van der Waals surface area contributed by atoms with E-state index in [1.165, 1.54) is 0 Å². The van der Waals surface area contributed by atoms with Crippen LogP contribution in [0.1, 0.15) is 17.2 Å². The Morgan fingerprint density at radius 3 is 2.50 bits per heavy atom. The molecule has 2 aromatic rings. The fraction of sp³-hybridized carbons (Fsp3) is 0.0833. The third kappa shape index (κ3) is 2.51. The summed E-state index contributed by atoms with van der Waals surface area (Å²) >= 11 is 6.81. The van der Waals surface area contributed by atoms with Crippen LogP contribution in [0, 0.1) is 0 Å². The van der Waals surface area contributed by atoms with Crippen molar-refractivity contribution in [2.75, 3.05) is 0 Å². The van der Waals surface area contributed by atoms with E-state index in [9.17, 15) is 5.11 Å². The molecular weight excluding hydrogens is 334 g/mol. The van der Waals surface area contributed by atoms with Crippen LogP contribution in [-0.2, 0) is 0 Å². The lowest BCUT2D eigenvalue weighted by Crippen LogP contribution is -1.99. The Morgan fingerprint density at radius 2 is 1.88 bits per heavy atom. The molecule has 1 aromatic carbocycles. The van der Waals surface area contributed by atoms with Gasteiger partial charge in [-0.1, -0.05) is 12.1 Å². The quantitative estimate of drug-likeness (QED) is 0.902. The second kappa shape index (κ2) is 5.08. The van der Waals surface area contributed by atoms with Crippen LogP contribution in [-0.4, -0.2) is 10.1 Å². The Bertz CT molecular complexity index is 488. The number of halogens is 2. The molecule has 0 saturated carbocycles. The van der Waals surface area contributed by atoms with Gasteiger partial charge in [-0.05, 0) is 55.6 Å². The molecule has 0 amide bonds. The molecule has 0 radical (unpaired) electrons. The van der Waals surface area contributed by atoms with Crippen LogP contribution < -0.4 is 0 Å². The van der Waals surface area contributed by atoms with Crippen LogP contribution in [0.2, 0.25) is 0 Å². The van der Waals surface area contributed by atoms with E-state index >= 15 is 0 Å². The fourth-order valence-corrected chi connectivity index (χ4v) is 2.06. The van der Waals surface area contributed by atoms with E-state index in [0.717, 1.165) is 20.1 Å². The maximum Gasteiger partial charge on any atom is 0.106 e. The molecule has 0 bridgehead atoms. The Kier molecular flexibility index (Phi) is 3.74. The lowest BCUT2D eigenvalue weighted by molar-refractivity contribution is 0.220. The molecule has 4 heteroatoms. The maximum atomic E-state index is 10.1. The van der Waals surface area contributed by atoms with Gasteiger partial charge in [-0.2, -0.15) is 0 Å². The third-order valence-corrected chi connectivity index (χ3v) is 4.14. The van der Waals surface area contributed by atoms with Gasteiger partial charge in [0.15, 0.2) is 0 Å². The van der Waals surface area contributed by atoms with Crippen molar-refractivity contribution < 1.29 is 5.11 Å². The lowest BCUT2D eigenvalue weighted by atomic mass is 10.0. The summed E-state index contributed by atoms with van der Waals surface area (Å²) in [6.45, 7) is 0. The predicted octanol–water partition coefficient (Wildman–Crippen LogP) is 3.69. The highest BCUT2D eigenvalue weighted by Crippen LogP contribution is 2.28. The fourth-order valence-electron chi connectivity index (χ4n) is 1.41. The van der Waals surface area contributed by atoms with Gasteiger partial charge < -0.3 is 5.11 Å². The first kappa shape index (κ1) is 11.8. The number of rotatable bonds is 2. The molecule has 1 N–H and O–H groups in total. The third-order valence-electron chi connectivity index (χ3n) is 2.26. The normalized spacial score (nSPS) is 12.4. The first-order valence-corrected chi connectivity index (χ1v) is 6.30. The van der Waals surface area contributed by atoms with E-state index in [-0.39, 0.29) is 0 Å². The SMILES string of the molecule is OC(c1cccnc1)c1ccc(Br)c(Br)c1. The van der Waals surface area contributed by atoms with Gasteiger partial charge in [0.05, 0.1) is 0 Å². The van der Waals surface area contributed by atoms with Gasteiger partial charge in [0.2, 0.25) is 0 Å². The highest BCUT2D eigenvalue weighted by atomic mass is 79.9. The number of aromatic nitrogens is 1. The number of pyridine rings is 1. The minimum Gasteiger partial charge on any atom is -0.384 e. The van der Waals surface area contributed by atoms with Crippen molar-refractivity contribution in [1.82, 2.24) is 4.98 Å². The van der Waals surface area contributed by atoms with Crippen molar-refractivity contribution in [3.63, 3.8) is 0 Å². The molecule has 2 nitrogen and oxygen atoms in total. The number of aliphatic hydroxyl groups excluding tert-OH is 1. The van der Waals surface area contributed by atoms with Gasteiger partial charge in [-0.25, -0.2) is 0 Å². The minimum atomic E-state index is -0.641. The first-order valence-electron chi connectivity index (χ1n) is 4.71. The number of benzene rings is 1. The predicted molar refractivity (Wildman–Crippen MR) is 70.1 cm³/mol. The largest absolute Gasteiger partial charge is 0.384 e. The number of nitrogens with zero attached hydrogens (tertiary/aromatic N) is 1. The molecule has 1 heterocycles. The van der Waals surface area contributed by atoms with Crippen LogP contribution in [0.3, 0.4) is 0 Å². The van der Waals surface area contributed by atoms with E-state index in [4.69, 9.17) is 0 Å². The number of aliphatic hydroxyl groups is 1. The van der Waals surface area contributed by atoms with Crippen molar-refractivity contribution in [2.24, 2.45) is 0 Å². The van der Waals surface area contributed by atoms with Crippen LogP contribution >= 0.6 is 31.9 Å². The van der Waals surface area contributed by atoms with Gasteiger partial charge in [0.25, 0.3) is 0 Å². The van der Waals surface area contributed by atoms with Crippen molar-refractivity contribution in [1.29, 1.82) is 0 Å². The van der Waals surface area contributed by atoms with Crippen molar-refractivity contribution in [3.05, 3.63) is 62.8 Å². The molecule has 82 valence electrons. The average molecular weight is 343 g/mol. The molecule has 1 unspecified atom stereocenters. The zero-order valence-electron chi connectivity index (χ0n) is 8.27. The summed E-state index contributed by atoms with van der Waals surface area (Å²) in [7, 11) is 0. The standard InChI is InChI=1S/C12H9Br2NO/c13-10-4-3-8(6-11(10)14)12(16)9-2-1-5-15-7-9/h1-7,12,16H. The van der Waals surface area contributed by atoms with Crippen LogP contribution in [0.25, 0.3) is 0 Å². The monoisotopic (exact) mass is 341 g/mol. The molecule has 2 rings (SSSR count). The van der Waals surface area contributed by atoms with Crippen molar-refractivity contribution in [3.8, 4) is 0 Å². The molecular formula is C12H9Br2NO. The van der Waals surface area contributed by atoms with Crippen LogP contribution in [0.4, 0.5) is 0 Å². The lowest BCUT2D eigenvalue weighted by Gasteiger charge is -2.11. The average Bonchev–Trinajstić information content (AvgIpc) is 2.33. The Balaban J connectivity index is 2.34. The molecule has 0 spiro atoms.